The van der Waals surface area contributed by atoms with Crippen LogP contribution in [0.25, 0.3) is 0 Å². The molecule has 2 fully saturated rings. The Hall–Kier alpha value is -0.890. The smallest absolute Gasteiger partial charge is 0.222 e. The average molecular weight is 388 g/mol. The fourth-order valence-electron chi connectivity index (χ4n) is 3.65. The van der Waals surface area contributed by atoms with Crippen molar-refractivity contribution in [3.8, 4) is 0 Å². The summed E-state index contributed by atoms with van der Waals surface area (Å²) in [5.41, 5.74) is 5.69. The van der Waals surface area contributed by atoms with Crippen LogP contribution in [0.2, 0.25) is 0 Å². The van der Waals surface area contributed by atoms with Gasteiger partial charge in [0.25, 0.3) is 0 Å². The molecule has 2 aliphatic rings. The number of likely N-dealkylation sites (N-methyl/N-ethyl adjacent to an activating group) is 1. The van der Waals surface area contributed by atoms with E-state index in [1.54, 1.807) is 11.3 Å². The number of nitrogens with zero attached hydrogens (tertiary/aromatic N) is 4. The highest BCUT2D eigenvalue weighted by atomic mass is 35.5. The van der Waals surface area contributed by atoms with E-state index in [1.807, 2.05) is 6.20 Å². The summed E-state index contributed by atoms with van der Waals surface area (Å²) in [6.07, 6.45) is 4.85. The lowest BCUT2D eigenvalue weighted by atomic mass is 9.93. The first-order valence-corrected chi connectivity index (χ1v) is 9.88. The maximum atomic E-state index is 12.5. The van der Waals surface area contributed by atoms with Gasteiger partial charge in [-0.15, -0.1) is 23.7 Å². The van der Waals surface area contributed by atoms with Gasteiger partial charge in [0.15, 0.2) is 5.13 Å². The van der Waals surface area contributed by atoms with Crippen molar-refractivity contribution in [2.75, 3.05) is 51.5 Å². The molecule has 0 aromatic carbocycles. The van der Waals surface area contributed by atoms with Gasteiger partial charge in [-0.2, -0.15) is 0 Å². The van der Waals surface area contributed by atoms with Gasteiger partial charge in [-0.25, -0.2) is 4.98 Å². The highest BCUT2D eigenvalue weighted by molar-refractivity contribution is 7.15. The van der Waals surface area contributed by atoms with Crippen molar-refractivity contribution in [3.05, 3.63) is 11.1 Å². The van der Waals surface area contributed by atoms with Crippen molar-refractivity contribution >= 4 is 34.8 Å². The lowest BCUT2D eigenvalue weighted by Gasteiger charge is -2.36. The van der Waals surface area contributed by atoms with E-state index >= 15 is 0 Å². The third-order valence-corrected chi connectivity index (χ3v) is 6.10. The van der Waals surface area contributed by atoms with E-state index in [9.17, 15) is 4.79 Å². The number of carbonyl (C=O) groups is 1. The zero-order valence-electron chi connectivity index (χ0n) is 15.0. The molecule has 142 valence electrons. The number of piperazine rings is 1. The van der Waals surface area contributed by atoms with Crippen molar-refractivity contribution in [2.24, 2.45) is 5.92 Å². The molecule has 0 unspecified atom stereocenters. The second-order valence-electron chi connectivity index (χ2n) is 6.90. The van der Waals surface area contributed by atoms with Crippen molar-refractivity contribution < 1.29 is 4.79 Å². The zero-order chi connectivity index (χ0) is 16.9. The first kappa shape index (κ1) is 20.4. The van der Waals surface area contributed by atoms with Crippen LogP contribution in [0.4, 0.5) is 5.13 Å². The van der Waals surface area contributed by atoms with Gasteiger partial charge in [-0.3, -0.25) is 9.69 Å². The molecule has 1 aromatic rings. The van der Waals surface area contributed by atoms with E-state index in [2.05, 4.69) is 26.6 Å². The SMILES string of the molecule is CCN1CCN(C(=O)CC2CCN(Cc3cnc(N)s3)CC2)CC1.Cl. The quantitative estimate of drug-likeness (QED) is 0.836. The second-order valence-corrected chi connectivity index (χ2v) is 8.05. The first-order chi connectivity index (χ1) is 11.6. The highest BCUT2D eigenvalue weighted by Crippen LogP contribution is 2.24. The summed E-state index contributed by atoms with van der Waals surface area (Å²) < 4.78 is 0. The maximum absolute atomic E-state index is 12.5. The molecule has 2 saturated heterocycles. The Morgan fingerprint density at radius 1 is 1.20 bits per heavy atom. The Balaban J connectivity index is 0.00000225. The number of rotatable bonds is 5. The Labute approximate surface area is 160 Å². The normalized spacial score (nSPS) is 20.4. The fraction of sp³-hybridized carbons (Fsp3) is 0.765. The first-order valence-electron chi connectivity index (χ1n) is 9.06. The van der Waals surface area contributed by atoms with Gasteiger partial charge in [-0.1, -0.05) is 6.92 Å². The van der Waals surface area contributed by atoms with Crippen molar-refractivity contribution in [3.63, 3.8) is 0 Å². The number of likely N-dealkylation sites (tertiary alicyclic amines) is 1. The third kappa shape index (κ3) is 5.81. The van der Waals surface area contributed by atoms with Crippen molar-refractivity contribution in [1.82, 2.24) is 19.7 Å². The number of nitrogen functional groups attached to an aromatic ring is 1. The van der Waals surface area contributed by atoms with E-state index in [0.29, 0.717) is 17.0 Å². The van der Waals surface area contributed by atoms with E-state index in [0.717, 1.165) is 71.6 Å². The molecular formula is C17H30ClN5OS. The summed E-state index contributed by atoms with van der Waals surface area (Å²) in [5.74, 6) is 0.906. The van der Waals surface area contributed by atoms with Crippen LogP contribution in [-0.4, -0.2) is 71.4 Å². The van der Waals surface area contributed by atoms with Gasteiger partial charge in [0.1, 0.15) is 0 Å². The highest BCUT2D eigenvalue weighted by Gasteiger charge is 2.26. The number of nitrogens with two attached hydrogens (primary N) is 1. The predicted molar refractivity (Wildman–Crippen MR) is 105 cm³/mol. The van der Waals surface area contributed by atoms with Crippen molar-refractivity contribution in [1.29, 1.82) is 0 Å². The molecule has 2 aliphatic heterocycles. The molecule has 1 amide bonds. The Kier molecular flexibility index (Phi) is 7.93. The van der Waals surface area contributed by atoms with E-state index in [4.69, 9.17) is 5.73 Å². The van der Waals surface area contributed by atoms with Crippen molar-refractivity contribution in [2.45, 2.75) is 32.7 Å². The lowest BCUT2D eigenvalue weighted by molar-refractivity contribution is -0.134. The Morgan fingerprint density at radius 2 is 1.88 bits per heavy atom. The fourth-order valence-corrected chi connectivity index (χ4v) is 4.38. The number of carbonyl (C=O) groups excluding carboxylic acids is 1. The Bertz CT molecular complexity index is 539. The van der Waals surface area contributed by atoms with Crippen LogP contribution in [0.1, 0.15) is 31.1 Å². The molecule has 1 aromatic heterocycles. The minimum Gasteiger partial charge on any atom is -0.375 e. The summed E-state index contributed by atoms with van der Waals surface area (Å²) in [5, 5.41) is 0.647. The monoisotopic (exact) mass is 387 g/mol. The minimum absolute atomic E-state index is 0. The standard InChI is InChI=1S/C17H29N5OS.ClH/c1-2-20-7-9-22(10-8-20)16(23)11-14-3-5-21(6-4-14)13-15-12-19-17(18)24-15;/h12,14H,2-11,13H2,1H3,(H2,18,19);1H. The number of amides is 1. The largest absolute Gasteiger partial charge is 0.375 e. The van der Waals surface area contributed by atoms with Gasteiger partial charge in [0.2, 0.25) is 5.91 Å². The predicted octanol–water partition coefficient (Wildman–Crippen LogP) is 1.91. The number of hydrogen-bond acceptors (Lipinski definition) is 6. The molecule has 0 spiro atoms. The summed E-state index contributed by atoms with van der Waals surface area (Å²) in [6.45, 7) is 10.2. The molecule has 0 aliphatic carbocycles. The van der Waals surface area contributed by atoms with Crippen LogP contribution < -0.4 is 5.73 Å². The molecule has 0 radical (unpaired) electrons. The lowest BCUT2D eigenvalue weighted by Crippen LogP contribution is -2.49. The number of piperidine rings is 1. The molecule has 8 heteroatoms. The van der Waals surface area contributed by atoms with Crippen LogP contribution >= 0.6 is 23.7 Å². The maximum Gasteiger partial charge on any atom is 0.222 e. The van der Waals surface area contributed by atoms with Gasteiger partial charge in [-0.05, 0) is 38.4 Å². The molecule has 25 heavy (non-hydrogen) atoms. The van der Waals surface area contributed by atoms with Crippen LogP contribution in [0, 0.1) is 5.92 Å². The molecule has 0 atom stereocenters. The van der Waals surface area contributed by atoms with Gasteiger partial charge >= 0.3 is 0 Å². The summed E-state index contributed by atoms with van der Waals surface area (Å²) in [7, 11) is 0. The average Bonchev–Trinajstić information content (AvgIpc) is 3.01. The summed E-state index contributed by atoms with van der Waals surface area (Å²) in [4.78, 5) is 24.8. The van der Waals surface area contributed by atoms with E-state index in [-0.39, 0.29) is 12.4 Å². The molecular weight excluding hydrogens is 358 g/mol. The summed E-state index contributed by atoms with van der Waals surface area (Å²) >= 11 is 1.57. The van der Waals surface area contributed by atoms with Gasteiger partial charge in [0, 0.05) is 50.2 Å². The molecule has 0 bridgehead atoms. The zero-order valence-corrected chi connectivity index (χ0v) is 16.7. The number of anilines is 1. The number of aromatic nitrogens is 1. The molecule has 3 heterocycles. The number of thiazole rings is 1. The van der Waals surface area contributed by atoms with Crippen LogP contribution in [0.3, 0.4) is 0 Å². The number of halogens is 1. The molecule has 6 nitrogen and oxygen atoms in total. The van der Waals surface area contributed by atoms with Crippen LogP contribution in [-0.2, 0) is 11.3 Å². The van der Waals surface area contributed by atoms with Crippen LogP contribution in [0.5, 0.6) is 0 Å². The number of hydrogen-bond donors (Lipinski definition) is 1. The Morgan fingerprint density at radius 3 is 2.44 bits per heavy atom. The second kappa shape index (κ2) is 9.71. The van der Waals surface area contributed by atoms with E-state index < -0.39 is 0 Å². The molecule has 3 rings (SSSR count). The topological polar surface area (TPSA) is 65.7 Å². The minimum atomic E-state index is 0. The summed E-state index contributed by atoms with van der Waals surface area (Å²) in [6, 6.07) is 0. The van der Waals surface area contributed by atoms with E-state index in [1.165, 1.54) is 4.88 Å². The molecule has 0 saturated carbocycles. The van der Waals surface area contributed by atoms with Gasteiger partial charge < -0.3 is 15.5 Å². The van der Waals surface area contributed by atoms with Crippen LogP contribution in [0.15, 0.2) is 6.20 Å². The van der Waals surface area contributed by atoms with Gasteiger partial charge in [0.05, 0.1) is 0 Å². The molecule has 2 N–H and O–H groups in total. The third-order valence-electron chi connectivity index (χ3n) is 5.29.